The molecule has 10 heteroatoms. The van der Waals surface area contributed by atoms with E-state index in [9.17, 15) is 9.50 Å². The maximum Gasteiger partial charge on any atom is 0.223 e. The highest BCUT2D eigenvalue weighted by Gasteiger charge is 2.33. The molecular weight excluding hydrogens is 389 g/mol. The quantitative estimate of drug-likeness (QED) is 0.578. The lowest BCUT2D eigenvalue weighted by molar-refractivity contribution is 0.0718. The van der Waals surface area contributed by atoms with Crippen molar-refractivity contribution in [2.45, 2.75) is 43.5 Å². The molecule has 158 valence electrons. The number of hydrogen-bond acceptors (Lipinski definition) is 8. The van der Waals surface area contributed by atoms with Crippen molar-refractivity contribution >= 4 is 11.6 Å². The van der Waals surface area contributed by atoms with Gasteiger partial charge in [-0.05, 0) is 31.9 Å². The minimum absolute atomic E-state index is 0.150. The van der Waals surface area contributed by atoms with Gasteiger partial charge in [-0.3, -0.25) is 0 Å². The molecule has 3 aromatic rings. The van der Waals surface area contributed by atoms with Crippen molar-refractivity contribution < 1.29 is 14.2 Å². The number of fused-ring (bicyclic) bond motifs is 1. The highest BCUT2D eigenvalue weighted by molar-refractivity contribution is 5.61. The van der Waals surface area contributed by atoms with E-state index >= 15 is 0 Å². The maximum absolute atomic E-state index is 14.2. The normalized spacial score (nSPS) is 26.4. The highest BCUT2D eigenvalue weighted by Crippen LogP contribution is 2.40. The van der Waals surface area contributed by atoms with E-state index < -0.39 is 6.17 Å². The number of aromatic nitrogens is 5. The number of halogens is 1. The molecule has 0 amide bonds. The number of aliphatic hydroxyl groups excluding tert-OH is 1. The molecule has 5 rings (SSSR count). The number of rotatable bonds is 5. The summed E-state index contributed by atoms with van der Waals surface area (Å²) in [6.07, 6.45) is 3.91. The first-order valence-corrected chi connectivity index (χ1v) is 10.2. The van der Waals surface area contributed by atoms with E-state index in [0.717, 1.165) is 5.69 Å². The van der Waals surface area contributed by atoms with Crippen LogP contribution in [0.15, 0.2) is 24.5 Å². The predicted octanol–water partition coefficient (Wildman–Crippen LogP) is 1.55. The Labute approximate surface area is 172 Å². The Hall–Kier alpha value is -2.85. The van der Waals surface area contributed by atoms with E-state index in [2.05, 4.69) is 25.6 Å². The van der Waals surface area contributed by atoms with Crippen LogP contribution < -0.4 is 15.4 Å². The lowest BCUT2D eigenvalue weighted by atomic mass is 9.80. The average Bonchev–Trinajstić information content (AvgIpc) is 3.15. The van der Waals surface area contributed by atoms with Gasteiger partial charge in [-0.25, -0.2) is 23.9 Å². The number of nitrogens with one attached hydrogen (secondary N) is 2. The van der Waals surface area contributed by atoms with Crippen LogP contribution in [0.4, 0.5) is 10.3 Å². The van der Waals surface area contributed by atoms with Crippen molar-refractivity contribution in [2.24, 2.45) is 0 Å². The third-order valence-electron chi connectivity index (χ3n) is 5.83. The van der Waals surface area contributed by atoms with Crippen molar-refractivity contribution in [2.75, 3.05) is 25.5 Å². The number of alkyl halides is 1. The summed E-state index contributed by atoms with van der Waals surface area (Å²) in [6, 6.07) is 3.26. The molecule has 0 radical (unpaired) electrons. The summed E-state index contributed by atoms with van der Waals surface area (Å²) in [5.74, 6) is 1.19. The van der Waals surface area contributed by atoms with Crippen LogP contribution in [0.5, 0.6) is 5.75 Å². The molecular formula is C20H24FN7O2. The molecule has 2 fully saturated rings. The van der Waals surface area contributed by atoms with Gasteiger partial charge >= 0.3 is 0 Å². The predicted molar refractivity (Wildman–Crippen MR) is 108 cm³/mol. The van der Waals surface area contributed by atoms with Crippen LogP contribution in [-0.2, 0) is 0 Å². The van der Waals surface area contributed by atoms with E-state index in [1.54, 1.807) is 30.1 Å². The lowest BCUT2D eigenvalue weighted by Crippen LogP contribution is -2.46. The van der Waals surface area contributed by atoms with Crippen molar-refractivity contribution in [1.29, 1.82) is 0 Å². The topological polar surface area (TPSA) is 109 Å². The number of imidazole rings is 1. The molecule has 2 unspecified atom stereocenters. The van der Waals surface area contributed by atoms with Gasteiger partial charge in [0.15, 0.2) is 5.65 Å². The average molecular weight is 413 g/mol. The van der Waals surface area contributed by atoms with Gasteiger partial charge in [-0.15, -0.1) is 0 Å². The van der Waals surface area contributed by atoms with Gasteiger partial charge in [0, 0.05) is 24.7 Å². The zero-order valence-electron chi connectivity index (χ0n) is 16.6. The minimum Gasteiger partial charge on any atom is -0.495 e. The molecule has 1 saturated carbocycles. The fourth-order valence-electron chi connectivity index (χ4n) is 4.05. The summed E-state index contributed by atoms with van der Waals surface area (Å²) in [6.45, 7) is 1.21. The van der Waals surface area contributed by atoms with E-state index in [4.69, 9.17) is 9.84 Å². The molecule has 3 aromatic heterocycles. The Balaban J connectivity index is 1.48. The van der Waals surface area contributed by atoms with Crippen LogP contribution in [0.2, 0.25) is 0 Å². The summed E-state index contributed by atoms with van der Waals surface area (Å²) >= 11 is 0. The first-order chi connectivity index (χ1) is 14.6. The minimum atomic E-state index is -0.941. The first-order valence-electron chi connectivity index (χ1n) is 10.2. The van der Waals surface area contributed by atoms with Gasteiger partial charge in [-0.2, -0.15) is 5.10 Å². The Kier molecular flexibility index (Phi) is 4.95. The summed E-state index contributed by atoms with van der Waals surface area (Å²) in [5.41, 5.74) is 2.78. The fraction of sp³-hybridized carbons (Fsp3) is 0.500. The van der Waals surface area contributed by atoms with Crippen LogP contribution in [0, 0.1) is 0 Å². The van der Waals surface area contributed by atoms with Crippen LogP contribution >= 0.6 is 0 Å². The first kappa shape index (κ1) is 19.1. The second-order valence-corrected chi connectivity index (χ2v) is 7.86. The van der Waals surface area contributed by atoms with Gasteiger partial charge in [0.1, 0.15) is 23.3 Å². The third-order valence-corrected chi connectivity index (χ3v) is 5.83. The second kappa shape index (κ2) is 7.77. The molecule has 9 nitrogen and oxygen atoms in total. The second-order valence-electron chi connectivity index (χ2n) is 7.86. The Morgan fingerprint density at radius 2 is 2.20 bits per heavy atom. The molecule has 2 atom stereocenters. The van der Waals surface area contributed by atoms with Crippen LogP contribution in [0.3, 0.4) is 0 Å². The van der Waals surface area contributed by atoms with Crippen LogP contribution in [-0.4, -0.2) is 68.2 Å². The third kappa shape index (κ3) is 3.46. The van der Waals surface area contributed by atoms with E-state index in [1.807, 2.05) is 6.07 Å². The molecule has 1 saturated heterocycles. The van der Waals surface area contributed by atoms with Crippen molar-refractivity contribution in [3.05, 3.63) is 30.2 Å². The lowest BCUT2D eigenvalue weighted by Gasteiger charge is -2.31. The molecule has 1 aliphatic heterocycles. The van der Waals surface area contributed by atoms with Gasteiger partial charge in [0.2, 0.25) is 5.95 Å². The molecule has 0 spiro atoms. The van der Waals surface area contributed by atoms with E-state index in [1.165, 1.54) is 0 Å². The number of anilines is 1. The number of ether oxygens (including phenoxy) is 1. The van der Waals surface area contributed by atoms with E-state index in [-0.39, 0.29) is 18.1 Å². The zero-order chi connectivity index (χ0) is 20.7. The smallest absolute Gasteiger partial charge is 0.223 e. The Morgan fingerprint density at radius 3 is 2.97 bits per heavy atom. The summed E-state index contributed by atoms with van der Waals surface area (Å²) in [5, 5.41) is 20.7. The van der Waals surface area contributed by atoms with Crippen LogP contribution in [0.1, 0.15) is 30.9 Å². The van der Waals surface area contributed by atoms with Gasteiger partial charge in [-0.1, -0.05) is 0 Å². The number of piperidine rings is 1. The van der Waals surface area contributed by atoms with Crippen molar-refractivity contribution in [3.8, 4) is 17.1 Å². The van der Waals surface area contributed by atoms with E-state index in [0.29, 0.717) is 61.1 Å². The standard InChI is InChI=1S/C20H24FN7O2/c1-30-17-8-18-24-10-16(28(18)27-19(17)11-6-12(29)7-11)14-3-5-23-20(25-14)26-15-9-22-4-2-13(15)21/h3,5,8,10-13,15,22,29H,2,4,6-7,9H2,1H3,(H,23,25,26). The number of nitrogens with zero attached hydrogens (tertiary/aromatic N) is 5. The van der Waals surface area contributed by atoms with Gasteiger partial charge in [0.25, 0.3) is 0 Å². The molecule has 1 aliphatic carbocycles. The maximum atomic E-state index is 14.2. The van der Waals surface area contributed by atoms with Gasteiger partial charge in [0.05, 0.1) is 31.1 Å². The molecule has 2 aliphatic rings. The van der Waals surface area contributed by atoms with Crippen molar-refractivity contribution in [1.82, 2.24) is 29.9 Å². The number of aliphatic hydroxyl groups is 1. The summed E-state index contributed by atoms with van der Waals surface area (Å²) in [7, 11) is 1.61. The monoisotopic (exact) mass is 413 g/mol. The Bertz CT molecular complexity index is 1050. The zero-order valence-corrected chi connectivity index (χ0v) is 16.6. The number of methoxy groups -OCH3 is 1. The summed E-state index contributed by atoms with van der Waals surface area (Å²) < 4.78 is 21.4. The fourth-order valence-corrected chi connectivity index (χ4v) is 4.05. The SMILES string of the molecule is COc1cc2ncc(-c3ccnc(NC4CNCCC4F)n3)n2nc1C1CC(O)C1. The molecule has 4 heterocycles. The molecule has 0 bridgehead atoms. The van der Waals surface area contributed by atoms with Crippen molar-refractivity contribution in [3.63, 3.8) is 0 Å². The molecule has 30 heavy (non-hydrogen) atoms. The highest BCUT2D eigenvalue weighted by atomic mass is 19.1. The Morgan fingerprint density at radius 1 is 1.33 bits per heavy atom. The van der Waals surface area contributed by atoms with Gasteiger partial charge < -0.3 is 20.5 Å². The number of hydrogen-bond donors (Lipinski definition) is 3. The van der Waals surface area contributed by atoms with Crippen LogP contribution in [0.25, 0.3) is 17.0 Å². The summed E-state index contributed by atoms with van der Waals surface area (Å²) in [4.78, 5) is 13.3. The molecule has 0 aromatic carbocycles. The largest absolute Gasteiger partial charge is 0.495 e. The molecule has 3 N–H and O–H groups in total.